The fourth-order valence-electron chi connectivity index (χ4n) is 2.35. The van der Waals surface area contributed by atoms with Crippen molar-refractivity contribution in [1.82, 2.24) is 4.98 Å². The van der Waals surface area contributed by atoms with Crippen LogP contribution in [0.1, 0.15) is 0 Å². The average Bonchev–Trinajstić information content (AvgIpc) is 2.43. The molecule has 3 rings (SSSR count). The number of pyridine rings is 1. The third kappa shape index (κ3) is 1.87. The minimum Gasteiger partial charge on any atom is -0.494 e. The summed E-state index contributed by atoms with van der Waals surface area (Å²) in [5.74, 6) is 0.760. The molecule has 4 heteroatoms. The molecule has 0 saturated heterocycles. The lowest BCUT2D eigenvalue weighted by Crippen LogP contribution is -1.96. The van der Waals surface area contributed by atoms with Gasteiger partial charge in [0.15, 0.2) is 0 Å². The van der Waals surface area contributed by atoms with Crippen molar-refractivity contribution >= 4 is 39.1 Å². The maximum Gasteiger partial charge on any atom is 0.145 e. The van der Waals surface area contributed by atoms with Crippen LogP contribution in [-0.2, 0) is 0 Å². The van der Waals surface area contributed by atoms with Gasteiger partial charge in [0, 0.05) is 22.8 Å². The molecule has 19 heavy (non-hydrogen) atoms. The first-order chi connectivity index (χ1) is 9.24. The number of rotatable bonds is 2. The summed E-state index contributed by atoms with van der Waals surface area (Å²) >= 11 is 6.05. The number of benzene rings is 2. The highest BCUT2D eigenvalue weighted by Gasteiger charge is 2.11. The predicted octanol–water partition coefficient (Wildman–Crippen LogP) is 4.09. The lowest BCUT2D eigenvalue weighted by atomic mass is 10.1. The van der Waals surface area contributed by atoms with Crippen molar-refractivity contribution in [2.24, 2.45) is 0 Å². The Morgan fingerprint density at radius 1 is 1.16 bits per heavy atom. The number of fused-ring (bicyclic) bond motifs is 2. The van der Waals surface area contributed by atoms with Gasteiger partial charge in [-0.1, -0.05) is 23.7 Å². The van der Waals surface area contributed by atoms with E-state index in [9.17, 15) is 0 Å². The lowest BCUT2D eigenvalue weighted by Gasteiger charge is -2.12. The monoisotopic (exact) mass is 272 g/mol. The van der Waals surface area contributed by atoms with E-state index in [4.69, 9.17) is 16.3 Å². The van der Waals surface area contributed by atoms with Crippen LogP contribution in [-0.4, -0.2) is 19.1 Å². The van der Waals surface area contributed by atoms with Crippen LogP contribution in [0, 0.1) is 0 Å². The maximum atomic E-state index is 6.05. The molecular formula is C15H13ClN2O. The number of para-hydroxylation sites is 1. The molecule has 0 radical (unpaired) electrons. The normalized spacial score (nSPS) is 10.9. The van der Waals surface area contributed by atoms with Crippen molar-refractivity contribution in [1.29, 1.82) is 0 Å². The van der Waals surface area contributed by atoms with Gasteiger partial charge < -0.3 is 10.1 Å². The molecule has 0 aliphatic heterocycles. The van der Waals surface area contributed by atoms with Crippen LogP contribution in [0.15, 0.2) is 36.4 Å². The molecule has 0 aliphatic carbocycles. The Hall–Kier alpha value is -2.00. The minimum atomic E-state index is 0.677. The summed E-state index contributed by atoms with van der Waals surface area (Å²) in [6.45, 7) is 0. The van der Waals surface area contributed by atoms with E-state index < -0.39 is 0 Å². The summed E-state index contributed by atoms with van der Waals surface area (Å²) < 4.78 is 5.38. The fraction of sp³-hybridized carbons (Fsp3) is 0.133. The first kappa shape index (κ1) is 12.1. The fourth-order valence-corrected chi connectivity index (χ4v) is 2.51. The number of hydrogen-bond donors (Lipinski definition) is 1. The summed E-state index contributed by atoms with van der Waals surface area (Å²) in [4.78, 5) is 4.67. The van der Waals surface area contributed by atoms with Crippen molar-refractivity contribution in [3.05, 3.63) is 41.4 Å². The lowest BCUT2D eigenvalue weighted by molar-refractivity contribution is 0.419. The van der Waals surface area contributed by atoms with Crippen molar-refractivity contribution in [3.8, 4) is 5.75 Å². The minimum absolute atomic E-state index is 0.677. The molecule has 0 bridgehead atoms. The third-order valence-corrected chi connectivity index (χ3v) is 3.43. The van der Waals surface area contributed by atoms with Gasteiger partial charge in [0.05, 0.1) is 18.3 Å². The van der Waals surface area contributed by atoms with Gasteiger partial charge in [-0.25, -0.2) is 4.98 Å². The molecule has 0 fully saturated rings. The van der Waals surface area contributed by atoms with E-state index in [0.717, 1.165) is 33.2 Å². The molecule has 0 unspecified atom stereocenters. The van der Waals surface area contributed by atoms with E-state index in [1.54, 1.807) is 7.11 Å². The zero-order chi connectivity index (χ0) is 13.4. The number of hydrogen-bond acceptors (Lipinski definition) is 3. The highest BCUT2D eigenvalue weighted by molar-refractivity contribution is 6.31. The van der Waals surface area contributed by atoms with Crippen molar-refractivity contribution < 1.29 is 4.74 Å². The maximum absolute atomic E-state index is 6.05. The van der Waals surface area contributed by atoms with Crippen molar-refractivity contribution in [2.45, 2.75) is 0 Å². The first-order valence-corrected chi connectivity index (χ1v) is 6.36. The van der Waals surface area contributed by atoms with Crippen LogP contribution in [0.3, 0.4) is 0 Å². The Morgan fingerprint density at radius 3 is 2.74 bits per heavy atom. The molecule has 2 aromatic carbocycles. The van der Waals surface area contributed by atoms with Crippen LogP contribution >= 0.6 is 11.6 Å². The van der Waals surface area contributed by atoms with Crippen LogP contribution in [0.25, 0.3) is 21.8 Å². The number of methoxy groups -OCH3 is 1. The van der Waals surface area contributed by atoms with Gasteiger partial charge in [-0.15, -0.1) is 0 Å². The molecule has 0 saturated carbocycles. The summed E-state index contributed by atoms with van der Waals surface area (Å²) in [5.41, 5.74) is 2.73. The number of ether oxygens (including phenoxy) is 1. The van der Waals surface area contributed by atoms with Crippen LogP contribution in [0.2, 0.25) is 5.02 Å². The van der Waals surface area contributed by atoms with E-state index in [1.165, 1.54) is 0 Å². The molecule has 0 amide bonds. The van der Waals surface area contributed by atoms with E-state index >= 15 is 0 Å². The molecule has 0 aliphatic rings. The molecule has 1 aromatic heterocycles. The molecule has 3 aromatic rings. The molecule has 96 valence electrons. The predicted molar refractivity (Wildman–Crippen MR) is 80.4 cm³/mol. The van der Waals surface area contributed by atoms with Gasteiger partial charge in [-0.3, -0.25) is 0 Å². The largest absolute Gasteiger partial charge is 0.494 e. The van der Waals surface area contributed by atoms with Crippen LogP contribution in [0.4, 0.5) is 5.69 Å². The van der Waals surface area contributed by atoms with Crippen molar-refractivity contribution in [3.63, 3.8) is 0 Å². The number of anilines is 1. The van der Waals surface area contributed by atoms with Gasteiger partial charge in [-0.05, 0) is 24.3 Å². The Balaban J connectivity index is 2.52. The summed E-state index contributed by atoms with van der Waals surface area (Å²) in [6.07, 6.45) is 0. The summed E-state index contributed by atoms with van der Waals surface area (Å²) in [7, 11) is 3.56. The zero-order valence-corrected chi connectivity index (χ0v) is 11.5. The SMILES string of the molecule is CNc1c2ccc(Cl)cc2nc2c(OC)cccc12. The highest BCUT2D eigenvalue weighted by Crippen LogP contribution is 2.35. The molecular weight excluding hydrogens is 260 g/mol. The summed E-state index contributed by atoms with van der Waals surface area (Å²) in [5, 5.41) is 6.01. The molecule has 0 spiro atoms. The van der Waals surface area contributed by atoms with E-state index in [0.29, 0.717) is 5.02 Å². The first-order valence-electron chi connectivity index (χ1n) is 5.98. The van der Waals surface area contributed by atoms with Crippen molar-refractivity contribution in [2.75, 3.05) is 19.5 Å². The topological polar surface area (TPSA) is 34.2 Å². The number of nitrogens with one attached hydrogen (secondary N) is 1. The summed E-state index contributed by atoms with van der Waals surface area (Å²) in [6, 6.07) is 11.6. The second kappa shape index (κ2) is 4.59. The number of halogens is 1. The zero-order valence-electron chi connectivity index (χ0n) is 10.7. The second-order valence-electron chi connectivity index (χ2n) is 4.25. The van der Waals surface area contributed by atoms with E-state index in [1.807, 2.05) is 43.4 Å². The standard InChI is InChI=1S/C15H13ClN2O/c1-17-14-10-7-6-9(16)8-12(10)18-15-11(14)4-3-5-13(15)19-2/h3-8H,1-2H3,(H,17,18). The highest BCUT2D eigenvalue weighted by atomic mass is 35.5. The van der Waals surface area contributed by atoms with E-state index in [-0.39, 0.29) is 0 Å². The molecule has 1 N–H and O–H groups in total. The van der Waals surface area contributed by atoms with Gasteiger partial charge in [0.1, 0.15) is 11.3 Å². The molecule has 0 atom stereocenters. The Kier molecular flexibility index (Phi) is 2.91. The van der Waals surface area contributed by atoms with Crippen LogP contribution < -0.4 is 10.1 Å². The number of nitrogens with zero attached hydrogens (tertiary/aromatic N) is 1. The Labute approximate surface area is 116 Å². The Morgan fingerprint density at radius 2 is 2.00 bits per heavy atom. The van der Waals surface area contributed by atoms with Gasteiger partial charge in [0.25, 0.3) is 0 Å². The molecule has 3 nitrogen and oxygen atoms in total. The quantitative estimate of drug-likeness (QED) is 0.714. The Bertz CT molecular complexity index is 771. The van der Waals surface area contributed by atoms with Gasteiger partial charge in [-0.2, -0.15) is 0 Å². The number of aromatic nitrogens is 1. The van der Waals surface area contributed by atoms with E-state index in [2.05, 4.69) is 10.3 Å². The van der Waals surface area contributed by atoms with Crippen LogP contribution in [0.5, 0.6) is 5.75 Å². The molecule has 1 heterocycles. The average molecular weight is 273 g/mol. The van der Waals surface area contributed by atoms with Gasteiger partial charge in [0.2, 0.25) is 0 Å². The van der Waals surface area contributed by atoms with Gasteiger partial charge >= 0.3 is 0 Å². The third-order valence-electron chi connectivity index (χ3n) is 3.20. The smallest absolute Gasteiger partial charge is 0.145 e. The second-order valence-corrected chi connectivity index (χ2v) is 4.69.